The first-order valence-electron chi connectivity index (χ1n) is 6.15. The van der Waals surface area contributed by atoms with Gasteiger partial charge in [-0.15, -0.1) is 0 Å². The van der Waals surface area contributed by atoms with Gasteiger partial charge >= 0.3 is 0 Å². The summed E-state index contributed by atoms with van der Waals surface area (Å²) in [6, 6.07) is 5.49. The molecule has 3 rings (SSSR count). The Morgan fingerprint density at radius 1 is 1.22 bits per heavy atom. The third-order valence-corrected chi connectivity index (χ3v) is 3.37. The van der Waals surface area contributed by atoms with Crippen LogP contribution in [0.4, 0.5) is 0 Å². The Kier molecular flexibility index (Phi) is 2.47. The monoisotopic (exact) mass is 238 g/mol. The number of carbonyl (C=O) groups excluding carboxylic acids is 1. The van der Waals surface area contributed by atoms with Crippen molar-refractivity contribution >= 4 is 22.4 Å². The molecule has 0 bridgehead atoms. The molecule has 0 atom stereocenters. The lowest BCUT2D eigenvalue weighted by atomic mass is 9.96. The van der Waals surface area contributed by atoms with Crippen LogP contribution in [0.2, 0.25) is 0 Å². The lowest BCUT2D eigenvalue weighted by Gasteiger charge is -2.16. The summed E-state index contributed by atoms with van der Waals surface area (Å²) in [7, 11) is 0. The summed E-state index contributed by atoms with van der Waals surface area (Å²) in [6.07, 6.45) is 3.03. The molecule has 0 N–H and O–H groups in total. The van der Waals surface area contributed by atoms with E-state index in [2.05, 4.69) is 16.5 Å². The van der Waals surface area contributed by atoms with Crippen LogP contribution in [0.1, 0.15) is 41.5 Å². The van der Waals surface area contributed by atoms with Crippen LogP contribution in [0, 0.1) is 0 Å². The predicted octanol–water partition coefficient (Wildman–Crippen LogP) is 3.18. The summed E-state index contributed by atoms with van der Waals surface area (Å²) in [4.78, 5) is 20.6. The van der Waals surface area contributed by atoms with E-state index in [0.29, 0.717) is 5.56 Å². The van der Waals surface area contributed by atoms with E-state index in [1.807, 2.05) is 12.1 Å². The molecule has 1 aromatic heterocycles. The number of hydrogen-bond acceptors (Lipinski definition) is 3. The highest BCUT2D eigenvalue weighted by molar-refractivity contribution is 5.97. The molecule has 18 heavy (non-hydrogen) atoms. The molecule has 3 heteroatoms. The molecule has 0 saturated heterocycles. The van der Waals surface area contributed by atoms with Crippen LogP contribution in [0.15, 0.2) is 24.8 Å². The van der Waals surface area contributed by atoms with Crippen molar-refractivity contribution < 1.29 is 4.79 Å². The fraction of sp³-hybridized carbons (Fsp3) is 0.267. The largest absolute Gasteiger partial charge is 0.295 e. The average molecular weight is 238 g/mol. The van der Waals surface area contributed by atoms with Crippen LogP contribution < -0.4 is 0 Å². The number of benzene rings is 1. The van der Waals surface area contributed by atoms with Crippen LogP contribution in [0.25, 0.3) is 16.6 Å². The number of aryl methyl sites for hydroxylation is 1. The van der Waals surface area contributed by atoms with Crippen molar-refractivity contribution in [3.63, 3.8) is 0 Å². The van der Waals surface area contributed by atoms with Gasteiger partial charge in [0.1, 0.15) is 0 Å². The maximum atomic E-state index is 11.4. The zero-order chi connectivity index (χ0) is 12.7. The first-order chi connectivity index (χ1) is 8.65. The molecule has 1 aliphatic carbocycles. The van der Waals surface area contributed by atoms with E-state index >= 15 is 0 Å². The summed E-state index contributed by atoms with van der Waals surface area (Å²) in [6.45, 7) is 5.62. The maximum Gasteiger partial charge on any atom is 0.159 e. The van der Waals surface area contributed by atoms with Crippen molar-refractivity contribution in [2.75, 3.05) is 0 Å². The van der Waals surface area contributed by atoms with E-state index in [1.165, 1.54) is 0 Å². The summed E-state index contributed by atoms with van der Waals surface area (Å²) in [5.74, 6) is 0.0563. The van der Waals surface area contributed by atoms with Gasteiger partial charge in [-0.2, -0.15) is 0 Å². The quantitative estimate of drug-likeness (QED) is 0.716. The summed E-state index contributed by atoms with van der Waals surface area (Å²) in [5.41, 5.74) is 5.36. The van der Waals surface area contributed by atoms with E-state index in [9.17, 15) is 4.79 Å². The highest BCUT2D eigenvalue weighted by Crippen LogP contribution is 2.28. The van der Waals surface area contributed by atoms with Gasteiger partial charge in [-0.25, -0.2) is 9.97 Å². The van der Waals surface area contributed by atoms with Gasteiger partial charge < -0.3 is 0 Å². The van der Waals surface area contributed by atoms with Gasteiger partial charge in [0.05, 0.1) is 22.4 Å². The van der Waals surface area contributed by atoms with Gasteiger partial charge in [0.25, 0.3) is 0 Å². The Labute approximate surface area is 106 Å². The van der Waals surface area contributed by atoms with Crippen LogP contribution in [-0.4, -0.2) is 15.8 Å². The van der Waals surface area contributed by atoms with Gasteiger partial charge in [0, 0.05) is 5.56 Å². The number of allylic oxidation sites excluding steroid dienone is 1. The summed E-state index contributed by atoms with van der Waals surface area (Å²) >= 11 is 0. The number of hydrogen-bond donors (Lipinski definition) is 0. The maximum absolute atomic E-state index is 11.4. The second-order valence-corrected chi connectivity index (χ2v) is 4.74. The lowest BCUT2D eigenvalue weighted by molar-refractivity contribution is 0.101. The van der Waals surface area contributed by atoms with E-state index in [0.717, 1.165) is 47.3 Å². The third kappa shape index (κ3) is 1.72. The Balaban J connectivity index is 2.23. The van der Waals surface area contributed by atoms with Crippen molar-refractivity contribution in [1.29, 1.82) is 0 Å². The molecule has 0 aliphatic heterocycles. The summed E-state index contributed by atoms with van der Waals surface area (Å²) in [5, 5.41) is 0. The minimum Gasteiger partial charge on any atom is -0.295 e. The number of nitrogens with zero attached hydrogens (tertiary/aromatic N) is 2. The molecular weight excluding hydrogens is 224 g/mol. The molecular formula is C15H14N2O. The fourth-order valence-electron chi connectivity index (χ4n) is 2.35. The zero-order valence-electron chi connectivity index (χ0n) is 10.4. The minimum atomic E-state index is 0.0563. The smallest absolute Gasteiger partial charge is 0.159 e. The van der Waals surface area contributed by atoms with E-state index in [-0.39, 0.29) is 5.78 Å². The number of aromatic nitrogens is 2. The number of Topliss-reactive ketones (excluding diaryl/α,β-unsaturated/α-hetero) is 1. The first-order valence-corrected chi connectivity index (χ1v) is 6.15. The topological polar surface area (TPSA) is 42.9 Å². The van der Waals surface area contributed by atoms with Crippen molar-refractivity contribution in [1.82, 2.24) is 9.97 Å². The van der Waals surface area contributed by atoms with Gasteiger partial charge in [0.15, 0.2) is 5.78 Å². The van der Waals surface area contributed by atoms with E-state index in [1.54, 1.807) is 13.0 Å². The zero-order valence-corrected chi connectivity index (χ0v) is 10.4. The highest BCUT2D eigenvalue weighted by Gasteiger charge is 2.16. The van der Waals surface area contributed by atoms with Crippen LogP contribution in [0.3, 0.4) is 0 Å². The SMILES string of the molecule is C=C1CCCc2nc3cc(C(C)=O)ccc3nc21. The van der Waals surface area contributed by atoms with Gasteiger partial charge in [-0.3, -0.25) is 4.79 Å². The molecule has 1 aliphatic rings. The van der Waals surface area contributed by atoms with Gasteiger partial charge in [0.2, 0.25) is 0 Å². The van der Waals surface area contributed by atoms with E-state index < -0.39 is 0 Å². The normalized spacial score (nSPS) is 14.6. The van der Waals surface area contributed by atoms with Crippen LogP contribution >= 0.6 is 0 Å². The first kappa shape index (κ1) is 11.1. The molecule has 3 nitrogen and oxygen atoms in total. The molecule has 0 spiro atoms. The Morgan fingerprint density at radius 3 is 2.83 bits per heavy atom. The molecule has 1 aromatic carbocycles. The van der Waals surface area contributed by atoms with Gasteiger partial charge in [-0.1, -0.05) is 6.58 Å². The van der Waals surface area contributed by atoms with Crippen molar-refractivity contribution in [2.45, 2.75) is 26.2 Å². The Morgan fingerprint density at radius 2 is 2.06 bits per heavy atom. The van der Waals surface area contributed by atoms with Crippen LogP contribution in [0.5, 0.6) is 0 Å². The molecule has 0 fully saturated rings. The fourth-order valence-corrected chi connectivity index (χ4v) is 2.35. The number of ketones is 1. The standard InChI is InChI=1S/C15H14N2O/c1-9-4-3-5-13-15(9)17-12-7-6-11(10(2)18)8-14(12)16-13/h6-8H,1,3-5H2,2H3. The number of fused-ring (bicyclic) bond motifs is 2. The third-order valence-electron chi connectivity index (χ3n) is 3.37. The van der Waals surface area contributed by atoms with Crippen molar-refractivity contribution in [2.24, 2.45) is 0 Å². The second-order valence-electron chi connectivity index (χ2n) is 4.74. The molecule has 0 unspecified atom stereocenters. The molecule has 0 radical (unpaired) electrons. The Hall–Kier alpha value is -2.03. The Bertz CT molecular complexity index is 673. The number of carbonyl (C=O) groups is 1. The van der Waals surface area contributed by atoms with Crippen molar-refractivity contribution in [3.05, 3.63) is 41.7 Å². The summed E-state index contributed by atoms with van der Waals surface area (Å²) < 4.78 is 0. The average Bonchev–Trinajstić information content (AvgIpc) is 2.36. The second kappa shape index (κ2) is 4.02. The highest BCUT2D eigenvalue weighted by atomic mass is 16.1. The molecule has 90 valence electrons. The van der Waals surface area contributed by atoms with Gasteiger partial charge in [-0.05, 0) is 50.0 Å². The van der Waals surface area contributed by atoms with E-state index in [4.69, 9.17) is 0 Å². The van der Waals surface area contributed by atoms with Crippen LogP contribution in [-0.2, 0) is 6.42 Å². The lowest BCUT2D eigenvalue weighted by Crippen LogP contribution is -2.07. The predicted molar refractivity (Wildman–Crippen MR) is 71.5 cm³/mol. The molecule has 2 aromatic rings. The number of rotatable bonds is 1. The minimum absolute atomic E-state index is 0.0563. The van der Waals surface area contributed by atoms with Crippen molar-refractivity contribution in [3.8, 4) is 0 Å². The molecule has 0 saturated carbocycles. The molecule has 0 amide bonds. The molecule has 1 heterocycles.